The van der Waals surface area contributed by atoms with Crippen molar-refractivity contribution in [1.29, 1.82) is 0 Å². The zero-order valence-corrected chi connectivity index (χ0v) is 15.7. The molecule has 3 aromatic heterocycles. The zero-order chi connectivity index (χ0) is 18.2. The van der Waals surface area contributed by atoms with Crippen LogP contribution in [-0.2, 0) is 30.5 Å². The molecule has 1 N–H and O–H groups in total. The molecule has 0 saturated carbocycles. The van der Waals surface area contributed by atoms with Crippen LogP contribution in [0.15, 0.2) is 36.0 Å². The summed E-state index contributed by atoms with van der Waals surface area (Å²) in [4.78, 5) is 18.2. The first-order valence-electron chi connectivity index (χ1n) is 9.26. The molecule has 0 saturated heterocycles. The summed E-state index contributed by atoms with van der Waals surface area (Å²) < 4.78 is 7.54. The lowest BCUT2D eigenvalue weighted by molar-refractivity contribution is 0.0146. The standard InChI is InChI=1S/C20H20N4O2S/c25-20-19-17-4-3-13-10-21-8-6-16(13)18(17)23-24(19)12-14(26-20)11-22-7-5-15-2-1-9-27-15/h1-2,6,8-10,14,22H,3-5,7,11-12H2. The van der Waals surface area contributed by atoms with Crippen LogP contribution in [0.5, 0.6) is 0 Å². The van der Waals surface area contributed by atoms with E-state index in [1.165, 1.54) is 10.4 Å². The number of nitrogens with one attached hydrogen (secondary N) is 1. The summed E-state index contributed by atoms with van der Waals surface area (Å²) in [5.74, 6) is -0.252. The molecular weight excluding hydrogens is 360 g/mol. The van der Waals surface area contributed by atoms with Crippen LogP contribution in [-0.4, -0.2) is 39.9 Å². The molecule has 1 aliphatic carbocycles. The van der Waals surface area contributed by atoms with Crippen LogP contribution < -0.4 is 5.32 Å². The van der Waals surface area contributed by atoms with Crippen molar-refractivity contribution in [2.45, 2.75) is 31.9 Å². The normalized spacial score (nSPS) is 17.8. The fourth-order valence-electron chi connectivity index (χ4n) is 3.90. The van der Waals surface area contributed by atoms with Crippen molar-refractivity contribution in [2.75, 3.05) is 13.1 Å². The fourth-order valence-corrected chi connectivity index (χ4v) is 4.61. The Hall–Kier alpha value is -2.51. The van der Waals surface area contributed by atoms with E-state index in [4.69, 9.17) is 9.84 Å². The minimum absolute atomic E-state index is 0.188. The first-order valence-corrected chi connectivity index (χ1v) is 10.1. The van der Waals surface area contributed by atoms with Crippen LogP contribution in [0, 0.1) is 0 Å². The van der Waals surface area contributed by atoms with Crippen molar-refractivity contribution >= 4 is 17.3 Å². The van der Waals surface area contributed by atoms with Crippen LogP contribution in [0.4, 0.5) is 0 Å². The first-order chi connectivity index (χ1) is 13.3. The number of carbonyl (C=O) groups excluding carboxylic acids is 1. The first kappa shape index (κ1) is 16.6. The highest BCUT2D eigenvalue weighted by Gasteiger charge is 2.34. The minimum Gasteiger partial charge on any atom is -0.454 e. The Morgan fingerprint density at radius 2 is 2.30 bits per heavy atom. The monoisotopic (exact) mass is 380 g/mol. The van der Waals surface area contributed by atoms with Gasteiger partial charge in [0.1, 0.15) is 11.8 Å². The van der Waals surface area contributed by atoms with Gasteiger partial charge in [-0.15, -0.1) is 11.3 Å². The number of hydrogen-bond donors (Lipinski definition) is 1. The Labute approximate surface area is 161 Å². The SMILES string of the molecule is O=C1OC(CNCCc2cccs2)Cn2nc3c(c21)CCc1cnccc1-3. The third kappa shape index (κ3) is 3.07. The minimum atomic E-state index is -0.252. The third-order valence-corrected chi connectivity index (χ3v) is 6.13. The average molecular weight is 380 g/mol. The fraction of sp³-hybridized carbons (Fsp3) is 0.350. The van der Waals surface area contributed by atoms with Crippen molar-refractivity contribution in [3.63, 3.8) is 0 Å². The van der Waals surface area contributed by atoms with Gasteiger partial charge in [0.15, 0.2) is 0 Å². The number of rotatable bonds is 5. The maximum absolute atomic E-state index is 12.6. The van der Waals surface area contributed by atoms with Gasteiger partial charge in [-0.3, -0.25) is 9.67 Å². The van der Waals surface area contributed by atoms with E-state index in [1.54, 1.807) is 17.5 Å². The lowest BCUT2D eigenvalue weighted by atomic mass is 9.90. The average Bonchev–Trinajstić information content (AvgIpc) is 3.33. The Kier molecular flexibility index (Phi) is 4.26. The molecule has 27 heavy (non-hydrogen) atoms. The summed E-state index contributed by atoms with van der Waals surface area (Å²) in [7, 11) is 0. The number of aromatic nitrogens is 3. The van der Waals surface area contributed by atoms with Gasteiger partial charge in [0.2, 0.25) is 0 Å². The summed E-state index contributed by atoms with van der Waals surface area (Å²) >= 11 is 1.77. The second-order valence-electron chi connectivity index (χ2n) is 6.95. The summed E-state index contributed by atoms with van der Waals surface area (Å²) in [5, 5.41) is 10.3. The molecule has 0 amide bonds. The molecule has 5 rings (SSSR count). The molecule has 1 unspecified atom stereocenters. The van der Waals surface area contributed by atoms with E-state index < -0.39 is 0 Å². The van der Waals surface area contributed by atoms with Crippen molar-refractivity contribution < 1.29 is 9.53 Å². The summed E-state index contributed by atoms with van der Waals surface area (Å²) in [6.07, 6.45) is 6.18. The molecule has 0 spiro atoms. The molecule has 1 atom stereocenters. The van der Waals surface area contributed by atoms with Crippen molar-refractivity contribution in [3.05, 3.63) is 57.7 Å². The summed E-state index contributed by atoms with van der Waals surface area (Å²) in [5.41, 5.74) is 4.84. The summed E-state index contributed by atoms with van der Waals surface area (Å²) in [6, 6.07) is 6.19. The Morgan fingerprint density at radius 1 is 1.33 bits per heavy atom. The summed E-state index contributed by atoms with van der Waals surface area (Å²) in [6.45, 7) is 2.11. The van der Waals surface area contributed by atoms with E-state index in [1.807, 2.05) is 16.9 Å². The second kappa shape index (κ2) is 6.90. The lowest BCUT2D eigenvalue weighted by Gasteiger charge is -2.24. The molecule has 1 aliphatic heterocycles. The van der Waals surface area contributed by atoms with Gasteiger partial charge in [-0.2, -0.15) is 5.10 Å². The smallest absolute Gasteiger partial charge is 0.357 e. The molecule has 0 radical (unpaired) electrons. The predicted octanol–water partition coefficient (Wildman–Crippen LogP) is 2.48. The number of cyclic esters (lactones) is 1. The lowest BCUT2D eigenvalue weighted by Crippen LogP contribution is -2.40. The van der Waals surface area contributed by atoms with Crippen molar-refractivity contribution in [2.24, 2.45) is 0 Å². The highest BCUT2D eigenvalue weighted by molar-refractivity contribution is 7.09. The molecule has 0 bridgehead atoms. The van der Waals surface area contributed by atoms with Crippen LogP contribution in [0.25, 0.3) is 11.3 Å². The topological polar surface area (TPSA) is 69.0 Å². The molecule has 0 fully saturated rings. The second-order valence-corrected chi connectivity index (χ2v) is 7.98. The van der Waals surface area contributed by atoms with E-state index >= 15 is 0 Å². The Morgan fingerprint density at radius 3 is 3.19 bits per heavy atom. The number of esters is 1. The number of ether oxygens (including phenoxy) is 1. The number of aryl methyl sites for hydroxylation is 1. The maximum atomic E-state index is 12.6. The molecule has 6 nitrogen and oxygen atoms in total. The van der Waals surface area contributed by atoms with Crippen molar-refractivity contribution in [1.82, 2.24) is 20.1 Å². The number of nitrogens with zero attached hydrogens (tertiary/aromatic N) is 3. The van der Waals surface area contributed by atoms with Crippen LogP contribution in [0.3, 0.4) is 0 Å². The Bertz CT molecular complexity index is 980. The zero-order valence-electron chi connectivity index (χ0n) is 14.9. The molecule has 138 valence electrons. The van der Waals surface area contributed by atoms with Gasteiger partial charge in [0.25, 0.3) is 0 Å². The quantitative estimate of drug-likeness (QED) is 0.544. The van der Waals surface area contributed by atoms with E-state index in [9.17, 15) is 4.79 Å². The van der Waals surface area contributed by atoms with E-state index in [0.717, 1.165) is 42.6 Å². The van der Waals surface area contributed by atoms with Gasteiger partial charge < -0.3 is 10.1 Å². The van der Waals surface area contributed by atoms with Gasteiger partial charge in [0.05, 0.1) is 12.2 Å². The molecule has 3 aromatic rings. The molecule has 7 heteroatoms. The third-order valence-electron chi connectivity index (χ3n) is 5.20. The van der Waals surface area contributed by atoms with E-state index in [0.29, 0.717) is 18.8 Å². The number of fused-ring (bicyclic) bond motifs is 5. The van der Waals surface area contributed by atoms with Gasteiger partial charge in [-0.1, -0.05) is 6.07 Å². The van der Waals surface area contributed by atoms with Crippen molar-refractivity contribution in [3.8, 4) is 11.3 Å². The maximum Gasteiger partial charge on any atom is 0.357 e. The van der Waals surface area contributed by atoms with Crippen LogP contribution in [0.2, 0.25) is 0 Å². The predicted molar refractivity (Wildman–Crippen MR) is 103 cm³/mol. The van der Waals surface area contributed by atoms with Crippen LogP contribution in [0.1, 0.15) is 26.5 Å². The van der Waals surface area contributed by atoms with Gasteiger partial charge in [-0.25, -0.2) is 4.79 Å². The molecule has 2 aliphatic rings. The van der Waals surface area contributed by atoms with Gasteiger partial charge in [0, 0.05) is 41.5 Å². The van der Waals surface area contributed by atoms with Gasteiger partial charge in [-0.05, 0) is 42.3 Å². The number of thiophene rings is 1. The molecule has 0 aromatic carbocycles. The Balaban J connectivity index is 1.30. The van der Waals surface area contributed by atoms with Crippen LogP contribution >= 0.6 is 11.3 Å². The number of hydrogen-bond acceptors (Lipinski definition) is 6. The largest absolute Gasteiger partial charge is 0.454 e. The van der Waals surface area contributed by atoms with E-state index in [2.05, 4.69) is 27.8 Å². The van der Waals surface area contributed by atoms with Gasteiger partial charge >= 0.3 is 5.97 Å². The number of pyridine rings is 1. The highest BCUT2D eigenvalue weighted by atomic mass is 32.1. The van der Waals surface area contributed by atoms with E-state index in [-0.39, 0.29) is 12.1 Å². The molecule has 4 heterocycles. The molecular formula is C20H20N4O2S. The number of carbonyl (C=O) groups is 1. The highest BCUT2D eigenvalue weighted by Crippen LogP contribution is 2.35.